The zero-order chi connectivity index (χ0) is 15.4. The van der Waals surface area contributed by atoms with E-state index in [1.807, 2.05) is 36.9 Å². The summed E-state index contributed by atoms with van der Waals surface area (Å²) in [6.45, 7) is 7.49. The predicted molar refractivity (Wildman–Crippen MR) is 84.1 cm³/mol. The average molecular weight is 288 g/mol. The molecule has 0 radical (unpaired) electrons. The number of carbonyl (C=O) groups is 2. The van der Waals surface area contributed by atoms with Gasteiger partial charge >= 0.3 is 0 Å². The average Bonchev–Trinajstić information content (AvgIpc) is 2.82. The third-order valence-electron chi connectivity index (χ3n) is 4.14. The lowest BCUT2D eigenvalue weighted by Crippen LogP contribution is -2.29. The molecule has 0 spiro atoms. The zero-order valence-corrected chi connectivity index (χ0v) is 13.1. The second kappa shape index (κ2) is 6.74. The molecule has 21 heavy (non-hydrogen) atoms. The maximum Gasteiger partial charge on any atom is 0.229 e. The molecule has 4 nitrogen and oxygen atoms in total. The van der Waals surface area contributed by atoms with E-state index in [4.69, 9.17) is 0 Å². The van der Waals surface area contributed by atoms with Gasteiger partial charge in [-0.15, -0.1) is 0 Å². The Labute approximate surface area is 126 Å². The standard InChI is InChI=1S/C17H24N2O2/c1-4-5-8-19-11-14(10-16(19)20)17(21)18-15-7-6-12(2)13(3)9-15/h6-7,9,14H,4-5,8,10-11H2,1-3H3,(H,18,21). The van der Waals surface area contributed by atoms with Crippen LogP contribution < -0.4 is 5.32 Å². The molecule has 1 aromatic carbocycles. The molecule has 1 saturated heterocycles. The van der Waals surface area contributed by atoms with E-state index in [0.717, 1.165) is 30.6 Å². The molecule has 4 heteroatoms. The molecule has 0 aromatic heterocycles. The van der Waals surface area contributed by atoms with Gasteiger partial charge in [0.05, 0.1) is 5.92 Å². The van der Waals surface area contributed by atoms with Gasteiger partial charge < -0.3 is 10.2 Å². The molecule has 2 amide bonds. The van der Waals surface area contributed by atoms with Crippen LogP contribution in [0.3, 0.4) is 0 Å². The molecule has 1 aromatic rings. The van der Waals surface area contributed by atoms with Gasteiger partial charge in [-0.25, -0.2) is 0 Å². The van der Waals surface area contributed by atoms with E-state index in [0.29, 0.717) is 13.0 Å². The van der Waals surface area contributed by atoms with Crippen LogP contribution in [-0.4, -0.2) is 29.8 Å². The first-order valence-electron chi connectivity index (χ1n) is 7.67. The first kappa shape index (κ1) is 15.5. The number of hydrogen-bond donors (Lipinski definition) is 1. The predicted octanol–water partition coefficient (Wildman–Crippen LogP) is 2.89. The summed E-state index contributed by atoms with van der Waals surface area (Å²) in [6, 6.07) is 5.88. The summed E-state index contributed by atoms with van der Waals surface area (Å²) in [5.41, 5.74) is 3.16. The number of aryl methyl sites for hydroxylation is 2. The number of nitrogens with one attached hydrogen (secondary N) is 1. The van der Waals surface area contributed by atoms with Crippen molar-refractivity contribution in [3.8, 4) is 0 Å². The Bertz CT molecular complexity index is 540. The van der Waals surface area contributed by atoms with Crippen molar-refractivity contribution in [2.45, 2.75) is 40.0 Å². The van der Waals surface area contributed by atoms with Gasteiger partial charge in [-0.3, -0.25) is 9.59 Å². The first-order chi connectivity index (χ1) is 10.0. The van der Waals surface area contributed by atoms with Crippen molar-refractivity contribution >= 4 is 17.5 Å². The van der Waals surface area contributed by atoms with Gasteiger partial charge in [-0.05, 0) is 43.5 Å². The van der Waals surface area contributed by atoms with Crippen LogP contribution in [0.2, 0.25) is 0 Å². The summed E-state index contributed by atoms with van der Waals surface area (Å²) in [4.78, 5) is 26.0. The molecule has 1 fully saturated rings. The summed E-state index contributed by atoms with van der Waals surface area (Å²) in [7, 11) is 0. The van der Waals surface area contributed by atoms with Crippen molar-refractivity contribution in [1.82, 2.24) is 4.90 Å². The Morgan fingerprint density at radius 2 is 2.10 bits per heavy atom. The van der Waals surface area contributed by atoms with E-state index < -0.39 is 0 Å². The SMILES string of the molecule is CCCCN1CC(C(=O)Nc2ccc(C)c(C)c2)CC1=O. The van der Waals surface area contributed by atoms with Gasteiger partial charge in [0.15, 0.2) is 0 Å². The molecule has 1 N–H and O–H groups in total. The van der Waals surface area contributed by atoms with E-state index in [1.54, 1.807) is 0 Å². The fourth-order valence-electron chi connectivity index (χ4n) is 2.58. The van der Waals surface area contributed by atoms with Crippen molar-refractivity contribution in [2.24, 2.45) is 5.92 Å². The van der Waals surface area contributed by atoms with Gasteiger partial charge in [-0.1, -0.05) is 19.4 Å². The Morgan fingerprint density at radius 1 is 1.33 bits per heavy atom. The highest BCUT2D eigenvalue weighted by molar-refractivity contribution is 5.97. The minimum atomic E-state index is -0.226. The highest BCUT2D eigenvalue weighted by atomic mass is 16.2. The van der Waals surface area contributed by atoms with Crippen molar-refractivity contribution < 1.29 is 9.59 Å². The topological polar surface area (TPSA) is 49.4 Å². The minimum Gasteiger partial charge on any atom is -0.342 e. The molecule has 1 aliphatic heterocycles. The van der Waals surface area contributed by atoms with Crippen LogP contribution in [-0.2, 0) is 9.59 Å². The largest absolute Gasteiger partial charge is 0.342 e. The summed E-state index contributed by atoms with van der Waals surface area (Å²) in [5.74, 6) is -0.176. The van der Waals surface area contributed by atoms with Crippen LogP contribution in [0.25, 0.3) is 0 Å². The molecule has 1 unspecified atom stereocenters. The van der Waals surface area contributed by atoms with Crippen LogP contribution in [0, 0.1) is 19.8 Å². The summed E-state index contributed by atoms with van der Waals surface area (Å²) >= 11 is 0. The fourth-order valence-corrected chi connectivity index (χ4v) is 2.58. The Balaban J connectivity index is 1.95. The van der Waals surface area contributed by atoms with Crippen molar-refractivity contribution in [3.63, 3.8) is 0 Å². The van der Waals surface area contributed by atoms with Gasteiger partial charge in [0.1, 0.15) is 0 Å². The number of hydrogen-bond acceptors (Lipinski definition) is 2. The molecular formula is C17H24N2O2. The van der Waals surface area contributed by atoms with Crippen LogP contribution in [0.15, 0.2) is 18.2 Å². The van der Waals surface area contributed by atoms with Gasteiger partial charge in [0.2, 0.25) is 11.8 Å². The quantitative estimate of drug-likeness (QED) is 0.905. The van der Waals surface area contributed by atoms with Crippen LogP contribution in [0.4, 0.5) is 5.69 Å². The summed E-state index contributed by atoms with van der Waals surface area (Å²) in [5, 5.41) is 2.93. The number of unbranched alkanes of at least 4 members (excludes halogenated alkanes) is 1. The smallest absolute Gasteiger partial charge is 0.229 e. The van der Waals surface area contributed by atoms with Gasteiger partial charge in [0, 0.05) is 25.2 Å². The second-order valence-electron chi connectivity index (χ2n) is 5.88. The third kappa shape index (κ3) is 3.84. The normalized spacial score (nSPS) is 18.1. The molecule has 2 rings (SSSR count). The number of amides is 2. The van der Waals surface area contributed by atoms with E-state index in [9.17, 15) is 9.59 Å². The van der Waals surface area contributed by atoms with E-state index in [2.05, 4.69) is 12.2 Å². The Hall–Kier alpha value is -1.84. The number of carbonyl (C=O) groups excluding carboxylic acids is 2. The maximum atomic E-state index is 12.3. The monoisotopic (exact) mass is 288 g/mol. The highest BCUT2D eigenvalue weighted by Crippen LogP contribution is 2.21. The lowest BCUT2D eigenvalue weighted by molar-refractivity contribution is -0.128. The first-order valence-corrected chi connectivity index (χ1v) is 7.67. The summed E-state index contributed by atoms with van der Waals surface area (Å²) in [6.07, 6.45) is 2.39. The number of anilines is 1. The maximum absolute atomic E-state index is 12.3. The van der Waals surface area contributed by atoms with Crippen LogP contribution in [0.1, 0.15) is 37.3 Å². The van der Waals surface area contributed by atoms with Crippen molar-refractivity contribution in [2.75, 3.05) is 18.4 Å². The molecule has 0 bridgehead atoms. The molecule has 1 aliphatic rings. The molecule has 0 aliphatic carbocycles. The Morgan fingerprint density at radius 3 is 2.76 bits per heavy atom. The molecule has 1 atom stereocenters. The molecule has 114 valence electrons. The number of rotatable bonds is 5. The number of benzene rings is 1. The fraction of sp³-hybridized carbons (Fsp3) is 0.529. The van der Waals surface area contributed by atoms with Crippen LogP contribution >= 0.6 is 0 Å². The summed E-state index contributed by atoms with van der Waals surface area (Å²) < 4.78 is 0. The van der Waals surface area contributed by atoms with Crippen LogP contribution in [0.5, 0.6) is 0 Å². The van der Waals surface area contributed by atoms with E-state index in [-0.39, 0.29) is 17.7 Å². The Kier molecular flexibility index (Phi) is 4.99. The lowest BCUT2D eigenvalue weighted by Gasteiger charge is -2.16. The van der Waals surface area contributed by atoms with E-state index in [1.165, 1.54) is 5.56 Å². The second-order valence-corrected chi connectivity index (χ2v) is 5.88. The molecule has 1 heterocycles. The minimum absolute atomic E-state index is 0.0504. The number of likely N-dealkylation sites (tertiary alicyclic amines) is 1. The van der Waals surface area contributed by atoms with Gasteiger partial charge in [0.25, 0.3) is 0 Å². The zero-order valence-electron chi connectivity index (χ0n) is 13.1. The van der Waals surface area contributed by atoms with Crippen molar-refractivity contribution in [1.29, 1.82) is 0 Å². The lowest BCUT2D eigenvalue weighted by atomic mass is 10.1. The highest BCUT2D eigenvalue weighted by Gasteiger charge is 2.33. The van der Waals surface area contributed by atoms with Gasteiger partial charge in [-0.2, -0.15) is 0 Å². The molecular weight excluding hydrogens is 264 g/mol. The van der Waals surface area contributed by atoms with E-state index >= 15 is 0 Å². The van der Waals surface area contributed by atoms with Crippen molar-refractivity contribution in [3.05, 3.63) is 29.3 Å². The third-order valence-corrected chi connectivity index (χ3v) is 4.14. The number of nitrogens with zero attached hydrogens (tertiary/aromatic N) is 1. The molecule has 0 saturated carbocycles.